The van der Waals surface area contributed by atoms with Crippen LogP contribution in [0.1, 0.15) is 13.8 Å². The Morgan fingerprint density at radius 2 is 1.06 bits per heavy atom. The molecule has 0 saturated carbocycles. The van der Waals surface area contributed by atoms with Gasteiger partial charge >= 0.3 is 37.9 Å². The normalized spacial score (nSPS) is 6.82. The van der Waals surface area contributed by atoms with E-state index in [2.05, 4.69) is 9.85 Å². The van der Waals surface area contributed by atoms with Gasteiger partial charge in [0.05, 0.1) is 0 Å². The van der Waals surface area contributed by atoms with E-state index in [-0.39, 0.29) is 0 Å². The molecule has 0 aliphatic heterocycles. The summed E-state index contributed by atoms with van der Waals surface area (Å²) in [5.41, 5.74) is 0. The maximum Gasteiger partial charge on any atom is -0.172 e. The summed E-state index contributed by atoms with van der Waals surface area (Å²) < 4.78 is 0. The first-order valence-electron chi connectivity index (χ1n) is 5.00. The smallest absolute Gasteiger partial charge is 0.172 e. The zero-order chi connectivity index (χ0) is 13.4. The average molecular weight is 363 g/mol. The monoisotopic (exact) mass is 361 g/mol. The van der Waals surface area contributed by atoms with Crippen LogP contribution in [0.4, 0.5) is 0 Å². The largest absolute Gasteiger partial charge is 0.214 e. The molecule has 0 aliphatic carbocycles. The molecule has 0 nitrogen and oxygen atoms in total. The van der Waals surface area contributed by atoms with Gasteiger partial charge in [0.1, 0.15) is 0 Å². The van der Waals surface area contributed by atoms with E-state index in [0.717, 1.165) is 0 Å². The fourth-order valence-corrected chi connectivity index (χ4v) is 0.642. The van der Waals surface area contributed by atoms with Gasteiger partial charge in [0.2, 0.25) is 0 Å². The molecule has 0 fully saturated rings. The van der Waals surface area contributed by atoms with E-state index in [0.29, 0.717) is 0 Å². The first-order chi connectivity index (χ1) is 8.15. The van der Waals surface area contributed by atoms with E-state index in [1.165, 1.54) is 5.17 Å². The Hall–Kier alpha value is 0.250. The van der Waals surface area contributed by atoms with Gasteiger partial charge in [-0.2, -0.15) is 36.4 Å². The molecule has 2 rings (SSSR count). The Bertz CT molecular complexity index is 239. The average Bonchev–Trinajstić information content (AvgIpc) is 2.98. The SMILES string of the molecule is CC(C)=[SiH].[Cl][Zr+2][Cl].c1cc[cH-]c1.c1cc[cH-]c1. The van der Waals surface area contributed by atoms with Crippen molar-refractivity contribution in [1.82, 2.24) is 0 Å². The van der Waals surface area contributed by atoms with Gasteiger partial charge in [0.25, 0.3) is 0 Å². The minimum absolute atomic E-state index is 0.826. The molecule has 0 atom stereocenters. The van der Waals surface area contributed by atoms with E-state index in [1.54, 1.807) is 0 Å². The van der Waals surface area contributed by atoms with Crippen LogP contribution in [0.3, 0.4) is 0 Å². The minimum atomic E-state index is -0.826. The molecule has 0 N–H and O–H groups in total. The fourth-order valence-electron chi connectivity index (χ4n) is 0.642. The van der Waals surface area contributed by atoms with Gasteiger partial charge in [0.15, 0.2) is 0 Å². The van der Waals surface area contributed by atoms with Crippen LogP contribution in [0.25, 0.3) is 0 Å². The first kappa shape index (κ1) is 19.6. The zero-order valence-corrected chi connectivity index (χ0v) is 15.2. The van der Waals surface area contributed by atoms with Crippen LogP contribution < -0.4 is 0 Å². The van der Waals surface area contributed by atoms with Crippen molar-refractivity contribution in [3.63, 3.8) is 0 Å². The third kappa shape index (κ3) is 31.4. The van der Waals surface area contributed by atoms with E-state index in [9.17, 15) is 0 Å². The summed E-state index contributed by atoms with van der Waals surface area (Å²) in [4.78, 5) is 0. The molecule has 2 aromatic rings. The Kier molecular flexibility index (Phi) is 21.4. The summed E-state index contributed by atoms with van der Waals surface area (Å²) in [6.07, 6.45) is 0. The van der Waals surface area contributed by atoms with Crippen LogP contribution in [0.15, 0.2) is 60.7 Å². The Balaban J connectivity index is 0. The van der Waals surface area contributed by atoms with Gasteiger partial charge < -0.3 is 0 Å². The number of halogens is 2. The van der Waals surface area contributed by atoms with Gasteiger partial charge in [-0.1, -0.05) is 5.17 Å². The molecule has 2 aromatic carbocycles. The Morgan fingerprint density at radius 3 is 1.12 bits per heavy atom. The van der Waals surface area contributed by atoms with E-state index >= 15 is 0 Å². The van der Waals surface area contributed by atoms with Gasteiger partial charge in [0, 0.05) is 0 Å². The van der Waals surface area contributed by atoms with Crippen molar-refractivity contribution >= 4 is 32.0 Å². The third-order valence-electron chi connectivity index (χ3n) is 1.11. The van der Waals surface area contributed by atoms with E-state index < -0.39 is 20.8 Å². The van der Waals surface area contributed by atoms with Crippen molar-refractivity contribution in [1.29, 1.82) is 0 Å². The molecule has 1 radical (unpaired) electrons. The van der Waals surface area contributed by atoms with Crippen molar-refractivity contribution < 1.29 is 20.8 Å². The second kappa shape index (κ2) is 18.6. The predicted molar refractivity (Wildman–Crippen MR) is 79.3 cm³/mol. The zero-order valence-electron chi connectivity index (χ0n) is 10.1. The van der Waals surface area contributed by atoms with Crippen LogP contribution in [-0.4, -0.2) is 15.0 Å². The molecule has 17 heavy (non-hydrogen) atoms. The van der Waals surface area contributed by atoms with Crippen molar-refractivity contribution in [3.05, 3.63) is 60.7 Å². The molecule has 4 heteroatoms. The predicted octanol–water partition coefficient (Wildman–Crippen LogP) is 4.29. The van der Waals surface area contributed by atoms with Crippen molar-refractivity contribution in [2.75, 3.05) is 0 Å². The molecule has 0 amide bonds. The molecule has 0 bridgehead atoms. The Morgan fingerprint density at radius 1 is 0.882 bits per heavy atom. The van der Waals surface area contributed by atoms with E-state index in [1.807, 2.05) is 74.5 Å². The fraction of sp³-hybridized carbons (Fsp3) is 0.154. The molecular formula is C13H17Cl2SiZr. The van der Waals surface area contributed by atoms with Crippen molar-refractivity contribution in [3.8, 4) is 0 Å². The summed E-state index contributed by atoms with van der Waals surface area (Å²) in [5, 5.41) is 1.33. The summed E-state index contributed by atoms with van der Waals surface area (Å²) >= 11 is -0.826. The summed E-state index contributed by atoms with van der Waals surface area (Å²) in [6.45, 7) is 4.09. The summed E-state index contributed by atoms with van der Waals surface area (Å²) in [7, 11) is 12.4. The van der Waals surface area contributed by atoms with Gasteiger partial charge in [-0.15, -0.1) is 0 Å². The molecular weight excluding hydrogens is 346 g/mol. The van der Waals surface area contributed by atoms with Crippen LogP contribution in [0, 0.1) is 0 Å². The molecule has 0 aromatic heterocycles. The maximum atomic E-state index is 4.93. The van der Waals surface area contributed by atoms with Crippen LogP contribution in [0.2, 0.25) is 0 Å². The van der Waals surface area contributed by atoms with Crippen LogP contribution in [0.5, 0.6) is 0 Å². The molecule has 0 saturated heterocycles. The van der Waals surface area contributed by atoms with E-state index in [4.69, 9.17) is 17.0 Å². The second-order valence-electron chi connectivity index (χ2n) is 3.07. The molecule has 91 valence electrons. The quantitative estimate of drug-likeness (QED) is 0.484. The molecule has 0 aliphatic rings. The minimum Gasteiger partial charge on any atom is -0.214 e. The van der Waals surface area contributed by atoms with Crippen molar-refractivity contribution in [2.45, 2.75) is 13.8 Å². The number of rotatable bonds is 0. The van der Waals surface area contributed by atoms with Gasteiger partial charge in [-0.3, -0.25) is 0 Å². The van der Waals surface area contributed by atoms with Gasteiger partial charge in [-0.25, -0.2) is 24.3 Å². The van der Waals surface area contributed by atoms with Gasteiger partial charge in [-0.05, 0) is 23.7 Å². The van der Waals surface area contributed by atoms with Crippen molar-refractivity contribution in [2.24, 2.45) is 0 Å². The Labute approximate surface area is 126 Å². The summed E-state index contributed by atoms with van der Waals surface area (Å²) in [5.74, 6) is 0. The molecule has 0 spiro atoms. The number of hydrogen-bond acceptors (Lipinski definition) is 0. The third-order valence-corrected chi connectivity index (χ3v) is 1.11. The first-order valence-corrected chi connectivity index (χ1v) is 11.9. The molecule has 0 heterocycles. The maximum absolute atomic E-state index is 4.93. The van der Waals surface area contributed by atoms with Crippen LogP contribution in [-0.2, 0) is 20.8 Å². The topological polar surface area (TPSA) is 0 Å². The number of hydrogen-bond donors (Lipinski definition) is 0. The molecule has 0 unspecified atom stereocenters. The summed E-state index contributed by atoms with van der Waals surface area (Å²) in [6, 6.07) is 20.0. The standard InChI is InChI=1S/2C5H5.C3H7Si.2ClH.Zr/c2*1-2-4-5-3-1;1-3(2)4;;;/h2*1-5H;4H,1-2H3;2*1H;/q2*-1;;;;+4/p-2. The van der Waals surface area contributed by atoms with Crippen LogP contribution >= 0.6 is 17.0 Å². The second-order valence-corrected chi connectivity index (χ2v) is 7.96.